The van der Waals surface area contributed by atoms with Crippen LogP contribution in [0.1, 0.15) is 57.1 Å². The minimum atomic E-state index is -4.38. The van der Waals surface area contributed by atoms with Crippen LogP contribution in [0.2, 0.25) is 0 Å². The highest BCUT2D eigenvalue weighted by atomic mass is 19.4. The lowest BCUT2D eigenvalue weighted by atomic mass is 9.93. The topological polar surface area (TPSA) is 69.5 Å². The molecule has 0 amide bonds. The van der Waals surface area contributed by atoms with E-state index in [1.165, 1.54) is 5.56 Å². The maximum Gasteiger partial charge on any atom is 0.408 e. The van der Waals surface area contributed by atoms with Gasteiger partial charge in [-0.3, -0.25) is 4.90 Å². The number of hydrogen-bond acceptors (Lipinski definition) is 6. The van der Waals surface area contributed by atoms with Crippen molar-refractivity contribution in [2.24, 2.45) is 0 Å². The van der Waals surface area contributed by atoms with E-state index in [-0.39, 0.29) is 24.5 Å². The second kappa shape index (κ2) is 11.8. The third kappa shape index (κ3) is 6.56. The van der Waals surface area contributed by atoms with Crippen molar-refractivity contribution >= 4 is 17.0 Å². The number of nitrogens with zero attached hydrogens (tertiary/aromatic N) is 5. The van der Waals surface area contributed by atoms with E-state index in [1.54, 1.807) is 13.1 Å². The van der Waals surface area contributed by atoms with Crippen LogP contribution in [0.4, 0.5) is 19.1 Å². The summed E-state index contributed by atoms with van der Waals surface area (Å²) in [6, 6.07) is 6.97. The molecule has 3 aromatic rings. The summed E-state index contributed by atoms with van der Waals surface area (Å²) in [6.07, 6.45) is 2.36. The first-order valence-corrected chi connectivity index (χ1v) is 14.1. The molecule has 39 heavy (non-hydrogen) atoms. The predicted molar refractivity (Wildman–Crippen MR) is 148 cm³/mol. The van der Waals surface area contributed by atoms with E-state index in [1.807, 2.05) is 0 Å². The fourth-order valence-corrected chi connectivity index (χ4v) is 5.76. The highest BCUT2D eigenvalue weighted by molar-refractivity contribution is 5.94. The molecular formula is C29H39F3N6O. The molecule has 1 aromatic carbocycles. The molecule has 2 N–H and O–H groups in total. The first kappa shape index (κ1) is 27.9. The first-order chi connectivity index (χ1) is 18.7. The van der Waals surface area contributed by atoms with Crippen molar-refractivity contribution in [1.29, 1.82) is 0 Å². The molecule has 5 rings (SSSR count). The van der Waals surface area contributed by atoms with Crippen LogP contribution in [0.3, 0.4) is 0 Å². The Hall–Kier alpha value is -2.69. The molecular weight excluding hydrogens is 505 g/mol. The lowest BCUT2D eigenvalue weighted by Gasteiger charge is -2.32. The Kier molecular flexibility index (Phi) is 8.44. The molecule has 2 fully saturated rings. The van der Waals surface area contributed by atoms with E-state index >= 15 is 0 Å². The molecule has 1 saturated heterocycles. The van der Waals surface area contributed by atoms with Gasteiger partial charge in [-0.1, -0.05) is 37.6 Å². The molecule has 0 unspecified atom stereocenters. The van der Waals surface area contributed by atoms with Crippen LogP contribution in [-0.2, 0) is 6.54 Å². The summed E-state index contributed by atoms with van der Waals surface area (Å²) in [4.78, 5) is 13.7. The van der Waals surface area contributed by atoms with Crippen molar-refractivity contribution in [3.05, 3.63) is 42.2 Å². The van der Waals surface area contributed by atoms with E-state index in [4.69, 9.17) is 0 Å². The van der Waals surface area contributed by atoms with E-state index in [0.717, 1.165) is 62.1 Å². The van der Waals surface area contributed by atoms with Crippen LogP contribution in [0.25, 0.3) is 22.2 Å². The van der Waals surface area contributed by atoms with Gasteiger partial charge in [0.15, 0.2) is 0 Å². The Morgan fingerprint density at radius 2 is 1.74 bits per heavy atom. The van der Waals surface area contributed by atoms with E-state index in [0.29, 0.717) is 24.9 Å². The maximum absolute atomic E-state index is 13.6. The number of nitrogens with one attached hydrogen (secondary N) is 1. The molecule has 3 heterocycles. The molecule has 1 atom stereocenters. The van der Waals surface area contributed by atoms with E-state index in [9.17, 15) is 18.3 Å². The lowest BCUT2D eigenvalue weighted by Crippen LogP contribution is -2.43. The third-order valence-electron chi connectivity index (χ3n) is 8.17. The monoisotopic (exact) mass is 544 g/mol. The van der Waals surface area contributed by atoms with Gasteiger partial charge in [0, 0.05) is 62.1 Å². The molecule has 1 aliphatic carbocycles. The van der Waals surface area contributed by atoms with Crippen LogP contribution in [-0.4, -0.2) is 81.0 Å². The van der Waals surface area contributed by atoms with Gasteiger partial charge >= 0.3 is 6.18 Å². The smallest absolute Gasteiger partial charge is 0.393 e. The van der Waals surface area contributed by atoms with Gasteiger partial charge in [-0.25, -0.2) is 4.98 Å². The standard InChI is InChI=1S/C29H39F3N6O/c1-3-4-26(29(30,31)32)34-28-33-17-24-25(19-38(27(24)35-28)22-9-11-23(39)12-10-22)21-7-5-20(6-8-21)18-37-15-13-36(2)14-16-37/h5-8,17,19,22-23,26,39H,3-4,9-16,18H2,1-2H3,(H,33,34,35)/t22?,23?,26-/m1/s1. The largest absolute Gasteiger partial charge is 0.408 e. The van der Waals surface area contributed by atoms with Crippen LogP contribution in [0.15, 0.2) is 36.7 Å². The number of hydrogen-bond donors (Lipinski definition) is 2. The number of likely N-dealkylation sites (N-methyl/N-ethyl adjacent to an activating group) is 1. The van der Waals surface area contributed by atoms with Crippen molar-refractivity contribution in [3.63, 3.8) is 0 Å². The minimum absolute atomic E-state index is 0.0115. The zero-order valence-corrected chi connectivity index (χ0v) is 22.8. The van der Waals surface area contributed by atoms with Gasteiger partial charge in [-0.2, -0.15) is 18.2 Å². The van der Waals surface area contributed by atoms with Crippen molar-refractivity contribution in [1.82, 2.24) is 24.3 Å². The SMILES string of the molecule is CCC[C@@H](Nc1ncc2c(-c3ccc(CN4CCN(C)CC4)cc3)cn(C3CCC(O)CC3)c2n1)C(F)(F)F. The zero-order valence-electron chi connectivity index (χ0n) is 22.8. The van der Waals surface area contributed by atoms with Crippen LogP contribution >= 0.6 is 0 Å². The average molecular weight is 545 g/mol. The van der Waals surface area contributed by atoms with Gasteiger partial charge < -0.3 is 19.9 Å². The Bertz CT molecular complexity index is 1230. The summed E-state index contributed by atoms with van der Waals surface area (Å²) in [5, 5.41) is 13.4. The summed E-state index contributed by atoms with van der Waals surface area (Å²) in [7, 11) is 2.15. The number of piperazine rings is 1. The number of aliphatic hydroxyl groups excluding tert-OH is 1. The van der Waals surface area contributed by atoms with Crippen LogP contribution < -0.4 is 5.32 Å². The molecule has 0 bridgehead atoms. The second-order valence-electron chi connectivity index (χ2n) is 11.1. The maximum atomic E-state index is 13.6. The normalized spacial score (nSPS) is 22.3. The Labute approximate surface area is 228 Å². The molecule has 1 saturated carbocycles. The fraction of sp³-hybridized carbons (Fsp3) is 0.586. The number of aromatic nitrogens is 3. The number of halogens is 3. The van der Waals surface area contributed by atoms with Gasteiger partial charge in [-0.15, -0.1) is 0 Å². The molecule has 1 aliphatic heterocycles. The van der Waals surface area contributed by atoms with Crippen molar-refractivity contribution in [2.75, 3.05) is 38.5 Å². The summed E-state index contributed by atoms with van der Waals surface area (Å²) < 4.78 is 42.8. The second-order valence-corrected chi connectivity index (χ2v) is 11.1. The zero-order chi connectivity index (χ0) is 27.6. The Balaban J connectivity index is 1.45. The van der Waals surface area contributed by atoms with Gasteiger partial charge in [-0.05, 0) is 50.3 Å². The molecule has 212 valence electrons. The van der Waals surface area contributed by atoms with Crippen molar-refractivity contribution in [3.8, 4) is 11.1 Å². The minimum Gasteiger partial charge on any atom is -0.393 e. The number of aliphatic hydroxyl groups is 1. The molecule has 2 aromatic heterocycles. The van der Waals surface area contributed by atoms with Gasteiger partial charge in [0.25, 0.3) is 0 Å². The van der Waals surface area contributed by atoms with Gasteiger partial charge in [0.1, 0.15) is 11.7 Å². The van der Waals surface area contributed by atoms with Gasteiger partial charge in [0.2, 0.25) is 5.95 Å². The number of alkyl halides is 3. The first-order valence-electron chi connectivity index (χ1n) is 14.1. The number of anilines is 1. The van der Waals surface area contributed by atoms with E-state index < -0.39 is 12.2 Å². The predicted octanol–water partition coefficient (Wildman–Crippen LogP) is 5.46. The summed E-state index contributed by atoms with van der Waals surface area (Å²) in [5.41, 5.74) is 3.88. The van der Waals surface area contributed by atoms with Crippen LogP contribution in [0.5, 0.6) is 0 Å². The Morgan fingerprint density at radius 1 is 1.05 bits per heavy atom. The summed E-state index contributed by atoms with van der Waals surface area (Å²) >= 11 is 0. The quantitative estimate of drug-likeness (QED) is 0.392. The summed E-state index contributed by atoms with van der Waals surface area (Å²) in [6.45, 7) is 6.92. The number of benzene rings is 1. The Morgan fingerprint density at radius 3 is 2.38 bits per heavy atom. The molecule has 2 aliphatic rings. The lowest BCUT2D eigenvalue weighted by molar-refractivity contribution is -0.143. The molecule has 7 nitrogen and oxygen atoms in total. The van der Waals surface area contributed by atoms with Crippen molar-refractivity contribution in [2.45, 2.75) is 76.4 Å². The number of rotatable bonds is 8. The summed E-state index contributed by atoms with van der Waals surface area (Å²) in [5.74, 6) is -0.0115. The van der Waals surface area contributed by atoms with E-state index in [2.05, 4.69) is 67.2 Å². The van der Waals surface area contributed by atoms with Crippen molar-refractivity contribution < 1.29 is 18.3 Å². The third-order valence-corrected chi connectivity index (χ3v) is 8.17. The molecule has 0 radical (unpaired) electrons. The highest BCUT2D eigenvalue weighted by Crippen LogP contribution is 2.37. The fourth-order valence-electron chi connectivity index (χ4n) is 5.76. The molecule has 10 heteroatoms. The van der Waals surface area contributed by atoms with Crippen LogP contribution in [0, 0.1) is 0 Å². The van der Waals surface area contributed by atoms with Gasteiger partial charge in [0.05, 0.1) is 6.10 Å². The molecule has 0 spiro atoms. The average Bonchev–Trinajstić information content (AvgIpc) is 3.29. The highest BCUT2D eigenvalue weighted by Gasteiger charge is 2.39. The number of fused-ring (bicyclic) bond motifs is 1.